The van der Waals surface area contributed by atoms with Crippen LogP contribution in [0.1, 0.15) is 47.0 Å². The molecule has 1 saturated heterocycles. The van der Waals surface area contributed by atoms with Crippen molar-refractivity contribution in [3.8, 4) is 0 Å². The van der Waals surface area contributed by atoms with Crippen LogP contribution in [0.4, 0.5) is 0 Å². The van der Waals surface area contributed by atoms with Crippen molar-refractivity contribution in [2.45, 2.75) is 53.0 Å². The summed E-state index contributed by atoms with van der Waals surface area (Å²) >= 11 is 0. The highest BCUT2D eigenvalue weighted by molar-refractivity contribution is 5.86. The summed E-state index contributed by atoms with van der Waals surface area (Å²) in [6, 6.07) is 0.532. The van der Waals surface area contributed by atoms with Crippen molar-refractivity contribution in [1.82, 2.24) is 20.0 Å². The van der Waals surface area contributed by atoms with Crippen molar-refractivity contribution in [3.63, 3.8) is 0 Å². The van der Waals surface area contributed by atoms with E-state index in [1.807, 2.05) is 30.7 Å². The summed E-state index contributed by atoms with van der Waals surface area (Å²) in [7, 11) is 1.95. The quantitative estimate of drug-likeness (QED) is 0.539. The zero-order chi connectivity index (χ0) is 17.9. The van der Waals surface area contributed by atoms with Gasteiger partial charge in [0.25, 0.3) is 0 Å². The van der Waals surface area contributed by atoms with E-state index in [4.69, 9.17) is 4.99 Å². The minimum atomic E-state index is 0.154. The maximum Gasteiger partial charge on any atom is 0.242 e. The maximum absolute atomic E-state index is 12.3. The molecule has 6 heteroatoms. The van der Waals surface area contributed by atoms with E-state index in [1.54, 1.807) is 0 Å². The van der Waals surface area contributed by atoms with Gasteiger partial charge in [-0.05, 0) is 46.7 Å². The number of rotatable bonds is 8. The van der Waals surface area contributed by atoms with Crippen molar-refractivity contribution in [2.24, 2.45) is 4.99 Å². The number of carbonyl (C=O) groups excluding carboxylic acids is 1. The third-order valence-electron chi connectivity index (χ3n) is 4.79. The fourth-order valence-corrected chi connectivity index (χ4v) is 3.30. The fourth-order valence-electron chi connectivity index (χ4n) is 3.30. The van der Waals surface area contributed by atoms with Crippen LogP contribution in [-0.2, 0) is 4.79 Å². The first-order valence-corrected chi connectivity index (χ1v) is 9.58. The topological polar surface area (TPSA) is 51.2 Å². The van der Waals surface area contributed by atoms with E-state index in [0.29, 0.717) is 12.6 Å². The van der Waals surface area contributed by atoms with Gasteiger partial charge >= 0.3 is 0 Å². The third-order valence-corrected chi connectivity index (χ3v) is 4.79. The van der Waals surface area contributed by atoms with Gasteiger partial charge in [0, 0.05) is 32.7 Å². The predicted octanol–water partition coefficient (Wildman–Crippen LogP) is 1.63. The zero-order valence-corrected chi connectivity index (χ0v) is 16.3. The Hall–Kier alpha value is -1.30. The molecule has 1 rings (SSSR count). The highest BCUT2D eigenvalue weighted by Gasteiger charge is 2.21. The summed E-state index contributed by atoms with van der Waals surface area (Å²) in [5, 5.41) is 3.32. The Bertz CT molecular complexity index is 395. The molecule has 1 atom stereocenters. The minimum Gasteiger partial charge on any atom is -0.357 e. The maximum atomic E-state index is 12.3. The molecule has 6 nitrogen and oxygen atoms in total. The van der Waals surface area contributed by atoms with Gasteiger partial charge in [-0.3, -0.25) is 14.7 Å². The molecule has 0 saturated carbocycles. The molecule has 1 N–H and O–H groups in total. The van der Waals surface area contributed by atoms with Gasteiger partial charge in [-0.2, -0.15) is 0 Å². The molecule has 1 heterocycles. The van der Waals surface area contributed by atoms with Gasteiger partial charge < -0.3 is 15.1 Å². The van der Waals surface area contributed by atoms with Crippen LogP contribution in [0.15, 0.2) is 4.99 Å². The van der Waals surface area contributed by atoms with Gasteiger partial charge in [0.2, 0.25) is 5.91 Å². The summed E-state index contributed by atoms with van der Waals surface area (Å²) in [5.74, 6) is 0.987. The Labute approximate surface area is 148 Å². The second kappa shape index (κ2) is 11.3. The Balaban J connectivity index is 2.67. The normalized spacial score (nSPS) is 19.2. The molecule has 0 aromatic carbocycles. The first-order valence-electron chi connectivity index (χ1n) is 9.58. The standard InChI is InChI=1S/C18H37N5O/c1-6-19-18(21(5)15-17(24)22(7-2)8-3)20-14-16-12-10-11-13-23(16)9-4/h16H,6-15H2,1-5H3,(H,19,20). The van der Waals surface area contributed by atoms with Gasteiger partial charge in [-0.15, -0.1) is 0 Å². The minimum absolute atomic E-state index is 0.154. The monoisotopic (exact) mass is 339 g/mol. The SMILES string of the molecule is CCNC(=NCC1CCCCN1CC)N(C)CC(=O)N(CC)CC. The molecule has 24 heavy (non-hydrogen) atoms. The predicted molar refractivity (Wildman–Crippen MR) is 101 cm³/mol. The number of carbonyl (C=O) groups is 1. The summed E-state index contributed by atoms with van der Waals surface area (Å²) < 4.78 is 0. The number of likely N-dealkylation sites (N-methyl/N-ethyl adjacent to an activating group) is 3. The fraction of sp³-hybridized carbons (Fsp3) is 0.889. The van der Waals surface area contributed by atoms with E-state index < -0.39 is 0 Å². The van der Waals surface area contributed by atoms with E-state index in [2.05, 4.69) is 24.1 Å². The van der Waals surface area contributed by atoms with Gasteiger partial charge in [0.1, 0.15) is 0 Å². The highest BCUT2D eigenvalue weighted by Crippen LogP contribution is 2.16. The average molecular weight is 340 g/mol. The van der Waals surface area contributed by atoms with Crippen LogP contribution >= 0.6 is 0 Å². The second-order valence-corrected chi connectivity index (χ2v) is 6.39. The molecule has 0 spiro atoms. The lowest BCUT2D eigenvalue weighted by Crippen LogP contribution is -2.47. The van der Waals surface area contributed by atoms with E-state index in [0.717, 1.165) is 38.7 Å². The molecule has 140 valence electrons. The first kappa shape index (κ1) is 20.7. The summed E-state index contributed by atoms with van der Waals surface area (Å²) in [6.07, 6.45) is 3.81. The van der Waals surface area contributed by atoms with Gasteiger partial charge in [-0.1, -0.05) is 13.3 Å². The van der Waals surface area contributed by atoms with Crippen molar-refractivity contribution >= 4 is 11.9 Å². The van der Waals surface area contributed by atoms with Crippen LogP contribution in [0.3, 0.4) is 0 Å². The molecule has 0 aliphatic carbocycles. The number of guanidine groups is 1. The molecular weight excluding hydrogens is 302 g/mol. The van der Waals surface area contributed by atoms with Crippen LogP contribution in [0.25, 0.3) is 0 Å². The Morgan fingerprint density at radius 2 is 1.92 bits per heavy atom. The molecule has 0 bridgehead atoms. The Morgan fingerprint density at radius 3 is 2.50 bits per heavy atom. The summed E-state index contributed by atoms with van der Waals surface area (Å²) in [6.45, 7) is 14.1. The number of amides is 1. The van der Waals surface area contributed by atoms with E-state index in [-0.39, 0.29) is 5.91 Å². The number of nitrogens with one attached hydrogen (secondary N) is 1. The molecule has 0 aromatic rings. The Kier molecular flexibility index (Phi) is 9.76. The molecule has 1 amide bonds. The van der Waals surface area contributed by atoms with E-state index in [1.165, 1.54) is 25.8 Å². The summed E-state index contributed by atoms with van der Waals surface area (Å²) in [5.41, 5.74) is 0. The first-order chi connectivity index (χ1) is 11.6. The smallest absolute Gasteiger partial charge is 0.242 e. The molecule has 1 fully saturated rings. The molecule has 0 aromatic heterocycles. The van der Waals surface area contributed by atoms with Gasteiger partial charge in [0.05, 0.1) is 13.1 Å². The highest BCUT2D eigenvalue weighted by atomic mass is 16.2. The van der Waals surface area contributed by atoms with Crippen molar-refractivity contribution in [1.29, 1.82) is 0 Å². The third kappa shape index (κ3) is 6.30. The Morgan fingerprint density at radius 1 is 1.21 bits per heavy atom. The van der Waals surface area contributed by atoms with Gasteiger partial charge in [-0.25, -0.2) is 0 Å². The largest absolute Gasteiger partial charge is 0.357 e. The van der Waals surface area contributed by atoms with Crippen molar-refractivity contribution in [3.05, 3.63) is 0 Å². The number of aliphatic imine (C=N–C) groups is 1. The molecule has 1 unspecified atom stereocenters. The molecule has 1 aliphatic heterocycles. The van der Waals surface area contributed by atoms with Crippen molar-refractivity contribution < 1.29 is 4.79 Å². The molecule has 0 radical (unpaired) electrons. The summed E-state index contributed by atoms with van der Waals surface area (Å²) in [4.78, 5) is 23.5. The van der Waals surface area contributed by atoms with Crippen molar-refractivity contribution in [2.75, 3.05) is 52.9 Å². The van der Waals surface area contributed by atoms with Crippen LogP contribution in [0.2, 0.25) is 0 Å². The number of likely N-dealkylation sites (tertiary alicyclic amines) is 1. The van der Waals surface area contributed by atoms with Gasteiger partial charge in [0.15, 0.2) is 5.96 Å². The van der Waals surface area contributed by atoms with Crippen LogP contribution in [0.5, 0.6) is 0 Å². The number of hydrogen-bond acceptors (Lipinski definition) is 3. The number of piperidine rings is 1. The number of nitrogens with zero attached hydrogens (tertiary/aromatic N) is 4. The average Bonchev–Trinajstić information content (AvgIpc) is 2.59. The lowest BCUT2D eigenvalue weighted by Gasteiger charge is -2.34. The van der Waals surface area contributed by atoms with Crippen LogP contribution in [0, 0.1) is 0 Å². The lowest BCUT2D eigenvalue weighted by atomic mass is 10.0. The lowest BCUT2D eigenvalue weighted by molar-refractivity contribution is -0.131. The van der Waals surface area contributed by atoms with E-state index in [9.17, 15) is 4.79 Å². The number of hydrogen-bond donors (Lipinski definition) is 1. The van der Waals surface area contributed by atoms with Crippen LogP contribution < -0.4 is 5.32 Å². The zero-order valence-electron chi connectivity index (χ0n) is 16.3. The molecule has 1 aliphatic rings. The van der Waals surface area contributed by atoms with Crippen LogP contribution in [-0.4, -0.2) is 85.5 Å². The second-order valence-electron chi connectivity index (χ2n) is 6.39. The van der Waals surface area contributed by atoms with E-state index >= 15 is 0 Å². The molecular formula is C18H37N5O.